The molecule has 0 spiro atoms. The fraction of sp³-hybridized carbons (Fsp3) is 0.429. The number of hydrogen-bond acceptors (Lipinski definition) is 4. The predicted octanol–water partition coefficient (Wildman–Crippen LogP) is 1.63. The van der Waals surface area contributed by atoms with Gasteiger partial charge in [0.2, 0.25) is 5.91 Å². The van der Waals surface area contributed by atoms with Gasteiger partial charge >= 0.3 is 0 Å². The van der Waals surface area contributed by atoms with Crippen molar-refractivity contribution >= 4 is 11.8 Å². The fourth-order valence-corrected chi connectivity index (χ4v) is 1.60. The molecule has 0 aliphatic rings. The summed E-state index contributed by atoms with van der Waals surface area (Å²) in [6, 6.07) is 6.72. The van der Waals surface area contributed by atoms with Gasteiger partial charge in [-0.15, -0.1) is 0 Å². The van der Waals surface area contributed by atoms with Crippen LogP contribution in [0.25, 0.3) is 10.4 Å². The number of nitrogens with zero attached hydrogens (tertiary/aromatic N) is 3. The molecule has 8 nitrogen and oxygen atoms in total. The molecule has 0 saturated heterocycles. The van der Waals surface area contributed by atoms with Crippen molar-refractivity contribution in [2.24, 2.45) is 5.11 Å². The van der Waals surface area contributed by atoms with Gasteiger partial charge in [-0.2, -0.15) is 0 Å². The lowest BCUT2D eigenvalue weighted by atomic mass is 10.2. The number of hydrogen-bond donors (Lipinski definition) is 2. The van der Waals surface area contributed by atoms with Crippen molar-refractivity contribution < 1.29 is 14.3 Å². The molecule has 2 N–H and O–H groups in total. The Morgan fingerprint density at radius 1 is 1.23 bits per heavy atom. The zero-order chi connectivity index (χ0) is 16.2. The van der Waals surface area contributed by atoms with Crippen LogP contribution in [-0.4, -0.2) is 38.1 Å². The molecule has 0 atom stereocenters. The van der Waals surface area contributed by atoms with Crippen LogP contribution in [0.15, 0.2) is 29.4 Å². The number of carbonyl (C=O) groups is 2. The highest BCUT2D eigenvalue weighted by molar-refractivity contribution is 5.94. The van der Waals surface area contributed by atoms with Crippen LogP contribution in [0.3, 0.4) is 0 Å². The molecule has 0 fully saturated rings. The fourth-order valence-electron chi connectivity index (χ4n) is 1.60. The maximum atomic E-state index is 11.8. The van der Waals surface area contributed by atoms with E-state index >= 15 is 0 Å². The molecule has 0 unspecified atom stereocenters. The molecule has 0 saturated carbocycles. The highest BCUT2D eigenvalue weighted by atomic mass is 16.5. The summed E-state index contributed by atoms with van der Waals surface area (Å²) >= 11 is 0. The van der Waals surface area contributed by atoms with E-state index in [1.54, 1.807) is 24.3 Å². The topological polar surface area (TPSA) is 116 Å². The number of azide groups is 1. The van der Waals surface area contributed by atoms with E-state index in [1.165, 1.54) is 6.92 Å². The van der Waals surface area contributed by atoms with Crippen molar-refractivity contribution in [1.29, 1.82) is 0 Å². The van der Waals surface area contributed by atoms with E-state index in [9.17, 15) is 9.59 Å². The van der Waals surface area contributed by atoms with Gasteiger partial charge in [-0.05, 0) is 36.2 Å². The van der Waals surface area contributed by atoms with E-state index in [4.69, 9.17) is 10.3 Å². The van der Waals surface area contributed by atoms with Gasteiger partial charge in [0.1, 0.15) is 12.4 Å². The third-order valence-electron chi connectivity index (χ3n) is 2.64. The van der Waals surface area contributed by atoms with E-state index in [0.717, 1.165) is 0 Å². The maximum Gasteiger partial charge on any atom is 0.251 e. The van der Waals surface area contributed by atoms with Crippen LogP contribution in [0.2, 0.25) is 0 Å². The molecule has 1 aromatic rings. The zero-order valence-corrected chi connectivity index (χ0v) is 12.4. The van der Waals surface area contributed by atoms with Crippen molar-refractivity contribution in [2.45, 2.75) is 13.3 Å². The monoisotopic (exact) mass is 305 g/mol. The van der Waals surface area contributed by atoms with Crippen molar-refractivity contribution in [3.63, 3.8) is 0 Å². The van der Waals surface area contributed by atoms with Gasteiger partial charge in [0.25, 0.3) is 5.91 Å². The molecule has 0 heterocycles. The summed E-state index contributed by atoms with van der Waals surface area (Å²) in [6.07, 6.45) is 0.597. The molecule has 8 heteroatoms. The third kappa shape index (κ3) is 7.16. The van der Waals surface area contributed by atoms with Crippen molar-refractivity contribution in [3.05, 3.63) is 40.3 Å². The highest BCUT2D eigenvalue weighted by Crippen LogP contribution is 2.11. The Bertz CT molecular complexity index is 538. The first-order valence-electron chi connectivity index (χ1n) is 6.90. The zero-order valence-electron chi connectivity index (χ0n) is 12.4. The summed E-state index contributed by atoms with van der Waals surface area (Å²) < 4.78 is 5.42. The number of rotatable bonds is 9. The average Bonchev–Trinajstić information content (AvgIpc) is 2.51. The average molecular weight is 305 g/mol. The van der Waals surface area contributed by atoms with E-state index < -0.39 is 0 Å². The summed E-state index contributed by atoms with van der Waals surface area (Å²) in [7, 11) is 0. The van der Waals surface area contributed by atoms with Gasteiger partial charge < -0.3 is 15.4 Å². The summed E-state index contributed by atoms with van der Waals surface area (Å²) in [5.41, 5.74) is 8.65. The second-order valence-electron chi connectivity index (χ2n) is 4.42. The van der Waals surface area contributed by atoms with Gasteiger partial charge in [0.15, 0.2) is 0 Å². The van der Waals surface area contributed by atoms with E-state index in [0.29, 0.717) is 44.0 Å². The molecule has 0 radical (unpaired) electrons. The maximum absolute atomic E-state index is 11.8. The first-order valence-corrected chi connectivity index (χ1v) is 6.90. The molecule has 0 bridgehead atoms. The smallest absolute Gasteiger partial charge is 0.251 e. The van der Waals surface area contributed by atoms with Crippen LogP contribution in [0.5, 0.6) is 5.75 Å². The molecule has 0 aliphatic heterocycles. The number of carbonyl (C=O) groups excluding carboxylic acids is 2. The normalized spacial score (nSPS) is 9.50. The highest BCUT2D eigenvalue weighted by Gasteiger charge is 2.04. The molecule has 1 aromatic carbocycles. The number of ether oxygens (including phenoxy) is 1. The van der Waals surface area contributed by atoms with Crippen molar-refractivity contribution in [2.75, 3.05) is 26.2 Å². The van der Waals surface area contributed by atoms with Crippen LogP contribution in [0, 0.1) is 0 Å². The minimum Gasteiger partial charge on any atom is -0.492 e. The largest absolute Gasteiger partial charge is 0.492 e. The summed E-state index contributed by atoms with van der Waals surface area (Å²) in [4.78, 5) is 25.1. The lowest BCUT2D eigenvalue weighted by Gasteiger charge is -2.08. The molecule has 22 heavy (non-hydrogen) atoms. The Balaban J connectivity index is 2.32. The molecular formula is C14H19N5O3. The lowest BCUT2D eigenvalue weighted by Crippen LogP contribution is -2.25. The first-order chi connectivity index (χ1) is 10.6. The molecule has 118 valence electrons. The molecular weight excluding hydrogens is 286 g/mol. The summed E-state index contributed by atoms with van der Waals surface area (Å²) in [5, 5.41) is 8.74. The Morgan fingerprint density at radius 3 is 2.59 bits per heavy atom. The molecule has 0 aliphatic carbocycles. The Morgan fingerprint density at radius 2 is 1.95 bits per heavy atom. The Kier molecular flexibility index (Phi) is 7.92. The molecule has 0 aromatic heterocycles. The van der Waals surface area contributed by atoms with Gasteiger partial charge in [-0.3, -0.25) is 9.59 Å². The van der Waals surface area contributed by atoms with Crippen molar-refractivity contribution in [3.8, 4) is 5.75 Å². The Labute approximate surface area is 128 Å². The van der Waals surface area contributed by atoms with Gasteiger partial charge in [0.05, 0.1) is 6.54 Å². The second-order valence-corrected chi connectivity index (χ2v) is 4.42. The predicted molar refractivity (Wildman–Crippen MR) is 81.6 cm³/mol. The second kappa shape index (κ2) is 10.1. The molecule has 2 amide bonds. The Hall–Kier alpha value is -2.73. The third-order valence-corrected chi connectivity index (χ3v) is 2.64. The van der Waals surface area contributed by atoms with Gasteiger partial charge in [-0.25, -0.2) is 0 Å². The SMILES string of the molecule is CC(=O)NCCOc1ccc(C(=O)NCCCN=[N+]=[N-])cc1. The number of amides is 2. The van der Waals surface area contributed by atoms with Crippen LogP contribution < -0.4 is 15.4 Å². The van der Waals surface area contributed by atoms with Gasteiger partial charge in [0, 0.05) is 30.5 Å². The minimum atomic E-state index is -0.189. The standard InChI is InChI=1S/C14H19N5O3/c1-11(20)16-9-10-22-13-5-3-12(4-6-13)14(21)17-7-2-8-18-19-15/h3-6H,2,7-10H2,1H3,(H,16,20)(H,17,21). The first kappa shape index (κ1) is 17.3. The van der Waals surface area contributed by atoms with Crippen molar-refractivity contribution in [1.82, 2.24) is 10.6 Å². The van der Waals surface area contributed by atoms with Gasteiger partial charge in [-0.1, -0.05) is 5.11 Å². The summed E-state index contributed by atoms with van der Waals surface area (Å²) in [6.45, 7) is 3.05. The lowest BCUT2D eigenvalue weighted by molar-refractivity contribution is -0.119. The van der Waals surface area contributed by atoms with Crippen LogP contribution in [0.4, 0.5) is 0 Å². The van der Waals surface area contributed by atoms with E-state index in [2.05, 4.69) is 20.7 Å². The van der Waals surface area contributed by atoms with E-state index in [1.807, 2.05) is 0 Å². The van der Waals surface area contributed by atoms with Crippen LogP contribution in [-0.2, 0) is 4.79 Å². The van der Waals surface area contributed by atoms with Crippen LogP contribution in [0.1, 0.15) is 23.7 Å². The number of nitrogens with one attached hydrogen (secondary N) is 2. The quantitative estimate of drug-likeness (QED) is 0.312. The molecule has 1 rings (SSSR count). The minimum absolute atomic E-state index is 0.101. The van der Waals surface area contributed by atoms with E-state index in [-0.39, 0.29) is 11.8 Å². The summed E-state index contributed by atoms with van der Waals surface area (Å²) in [5.74, 6) is 0.340. The van der Waals surface area contributed by atoms with Crippen LogP contribution >= 0.6 is 0 Å². The number of benzene rings is 1.